The number of aryl methyl sites for hydroxylation is 1. The van der Waals surface area contributed by atoms with Crippen molar-refractivity contribution in [2.24, 2.45) is 0 Å². The van der Waals surface area contributed by atoms with E-state index in [0.717, 1.165) is 71.5 Å². The summed E-state index contributed by atoms with van der Waals surface area (Å²) in [6.45, 7) is 2.09. The van der Waals surface area contributed by atoms with Gasteiger partial charge in [-0.1, -0.05) is 133 Å². The van der Waals surface area contributed by atoms with E-state index < -0.39 is 0 Å². The van der Waals surface area contributed by atoms with Crippen LogP contribution in [0.1, 0.15) is 5.56 Å². The molecule has 11 aromatic rings. The number of benzene rings is 7. The third-order valence-corrected chi connectivity index (χ3v) is 10.3. The summed E-state index contributed by atoms with van der Waals surface area (Å²) in [6.07, 6.45) is 0. The van der Waals surface area contributed by atoms with Crippen LogP contribution in [0.5, 0.6) is 0 Å². The molecule has 7 aromatic carbocycles. The largest absolute Gasteiger partial charge is 0.434 e. The number of hydrogen-bond acceptors (Lipinski definition) is 5. The summed E-state index contributed by atoms with van der Waals surface area (Å²) in [4.78, 5) is 20.5. The highest BCUT2D eigenvalue weighted by Gasteiger charge is 2.25. The first-order valence-corrected chi connectivity index (χ1v) is 18.0. The van der Waals surface area contributed by atoms with Crippen LogP contribution < -0.4 is 0 Å². The van der Waals surface area contributed by atoms with Crippen LogP contribution in [-0.2, 0) is 0 Å². The summed E-state index contributed by atoms with van der Waals surface area (Å²) in [5.41, 5.74) is 10.4. The minimum atomic E-state index is 0.541. The molecular weight excluding hydrogens is 665 g/mol. The summed E-state index contributed by atoms with van der Waals surface area (Å²) in [5.74, 6) is 2.34. The Morgan fingerprint density at radius 1 is 0.426 bits per heavy atom. The van der Waals surface area contributed by atoms with Crippen molar-refractivity contribution < 1.29 is 4.42 Å². The molecule has 7 heteroatoms. The highest BCUT2D eigenvalue weighted by atomic mass is 16.3. The molecule has 0 aliphatic rings. The van der Waals surface area contributed by atoms with Crippen molar-refractivity contribution in [3.8, 4) is 45.9 Å². The zero-order valence-electron chi connectivity index (χ0n) is 29.2. The fraction of sp³-hybridized carbons (Fsp3) is 0.0213. The lowest BCUT2D eigenvalue weighted by atomic mass is 10.1. The predicted molar refractivity (Wildman–Crippen MR) is 217 cm³/mol. The van der Waals surface area contributed by atoms with E-state index in [1.807, 2.05) is 66.7 Å². The molecule has 0 amide bonds. The zero-order valence-corrected chi connectivity index (χ0v) is 29.2. The normalized spacial score (nSPS) is 11.8. The number of aromatic nitrogens is 6. The zero-order chi connectivity index (χ0) is 35.8. The first kappa shape index (κ1) is 30.3. The SMILES string of the molecule is Cc1ccc(-c2nc(-c3ccccc3)nc(-n3c4ccccc4c4ccc5c6ccccc6n(-c6cccc7nc(-c8ccccc8)oc67)c5c43)n2)cc1. The van der Waals surface area contributed by atoms with Crippen molar-refractivity contribution in [3.05, 3.63) is 169 Å². The standard InChI is InChI=1S/C47H30N6O/c1-29-23-25-31(26-24-29)45-49-44(30-13-4-2-5-14-30)50-47(51-45)53-39-21-11-9-18-34(39)36-28-27-35-33-17-8-10-20-38(33)52(41(35)42(36)53)40-22-12-19-37-43(40)54-46(48-37)32-15-6-3-7-16-32/h2-28H,1H3. The molecule has 0 bridgehead atoms. The van der Waals surface area contributed by atoms with Gasteiger partial charge in [-0.15, -0.1) is 0 Å². The quantitative estimate of drug-likeness (QED) is 0.179. The lowest BCUT2D eigenvalue weighted by Gasteiger charge is -2.13. The highest BCUT2D eigenvalue weighted by Crippen LogP contribution is 2.43. The Morgan fingerprint density at radius 2 is 0.981 bits per heavy atom. The summed E-state index contributed by atoms with van der Waals surface area (Å²) >= 11 is 0. The van der Waals surface area contributed by atoms with Crippen LogP contribution in [0.4, 0.5) is 0 Å². The molecule has 0 spiro atoms. The molecule has 0 N–H and O–H groups in total. The van der Waals surface area contributed by atoms with Gasteiger partial charge in [-0.05, 0) is 43.3 Å². The first-order valence-electron chi connectivity index (χ1n) is 18.0. The molecule has 0 fully saturated rings. The van der Waals surface area contributed by atoms with Crippen molar-refractivity contribution in [1.29, 1.82) is 0 Å². The second-order valence-corrected chi connectivity index (χ2v) is 13.6. The molecule has 7 nitrogen and oxygen atoms in total. The average Bonchev–Trinajstić information content (AvgIpc) is 3.92. The van der Waals surface area contributed by atoms with E-state index in [1.54, 1.807) is 0 Å². The van der Waals surface area contributed by atoms with E-state index in [2.05, 4.69) is 113 Å². The molecule has 0 saturated heterocycles. The molecule has 11 rings (SSSR count). The fourth-order valence-corrected chi connectivity index (χ4v) is 7.79. The lowest BCUT2D eigenvalue weighted by Crippen LogP contribution is -2.07. The van der Waals surface area contributed by atoms with Crippen molar-refractivity contribution in [2.75, 3.05) is 0 Å². The number of para-hydroxylation sites is 3. The van der Waals surface area contributed by atoms with Crippen molar-refractivity contribution in [3.63, 3.8) is 0 Å². The van der Waals surface area contributed by atoms with E-state index in [0.29, 0.717) is 29.1 Å². The van der Waals surface area contributed by atoms with Gasteiger partial charge in [-0.25, -0.2) is 9.97 Å². The summed E-state index contributed by atoms with van der Waals surface area (Å²) in [6, 6.07) is 56.2. The first-order chi connectivity index (χ1) is 26.7. The third-order valence-electron chi connectivity index (χ3n) is 10.3. The molecule has 0 aliphatic heterocycles. The van der Waals surface area contributed by atoms with E-state index in [1.165, 1.54) is 5.56 Å². The molecule has 4 aromatic heterocycles. The summed E-state index contributed by atoms with van der Waals surface area (Å²) in [7, 11) is 0. The van der Waals surface area contributed by atoms with Crippen LogP contribution >= 0.6 is 0 Å². The van der Waals surface area contributed by atoms with Gasteiger partial charge in [-0.3, -0.25) is 4.57 Å². The summed E-state index contributed by atoms with van der Waals surface area (Å²) < 4.78 is 11.2. The van der Waals surface area contributed by atoms with E-state index in [4.69, 9.17) is 24.4 Å². The molecule has 54 heavy (non-hydrogen) atoms. The van der Waals surface area contributed by atoms with Gasteiger partial charge >= 0.3 is 0 Å². The Bertz CT molecular complexity index is 3210. The minimum Gasteiger partial charge on any atom is -0.434 e. The maximum Gasteiger partial charge on any atom is 0.238 e. The molecule has 254 valence electrons. The van der Waals surface area contributed by atoms with E-state index >= 15 is 0 Å². The lowest BCUT2D eigenvalue weighted by molar-refractivity contribution is 0.618. The Morgan fingerprint density at radius 3 is 1.65 bits per heavy atom. The molecule has 0 unspecified atom stereocenters. The number of nitrogens with zero attached hydrogens (tertiary/aromatic N) is 6. The number of rotatable bonds is 5. The topological polar surface area (TPSA) is 74.6 Å². The Labute approximate surface area is 309 Å². The maximum absolute atomic E-state index is 6.66. The Kier molecular flexibility index (Phi) is 6.63. The van der Waals surface area contributed by atoms with Gasteiger partial charge in [0.2, 0.25) is 11.8 Å². The molecule has 0 atom stereocenters. The van der Waals surface area contributed by atoms with Gasteiger partial charge < -0.3 is 8.98 Å². The predicted octanol–water partition coefficient (Wildman–Crippen LogP) is 11.5. The maximum atomic E-state index is 6.66. The smallest absolute Gasteiger partial charge is 0.238 e. The molecule has 0 saturated carbocycles. The van der Waals surface area contributed by atoms with Crippen LogP contribution in [0.2, 0.25) is 0 Å². The number of hydrogen-bond donors (Lipinski definition) is 0. The number of fused-ring (bicyclic) bond motifs is 8. The molecule has 0 radical (unpaired) electrons. The van der Waals surface area contributed by atoms with Crippen LogP contribution in [0, 0.1) is 6.92 Å². The second-order valence-electron chi connectivity index (χ2n) is 13.6. The minimum absolute atomic E-state index is 0.541. The molecule has 0 aliphatic carbocycles. The van der Waals surface area contributed by atoms with Crippen LogP contribution in [0.15, 0.2) is 168 Å². The summed E-state index contributed by atoms with van der Waals surface area (Å²) in [5, 5.41) is 4.44. The van der Waals surface area contributed by atoms with Gasteiger partial charge in [0.25, 0.3) is 0 Å². The van der Waals surface area contributed by atoms with Gasteiger partial charge in [-0.2, -0.15) is 9.97 Å². The van der Waals surface area contributed by atoms with E-state index in [-0.39, 0.29) is 0 Å². The molecule has 4 heterocycles. The van der Waals surface area contributed by atoms with Gasteiger partial charge in [0.15, 0.2) is 17.2 Å². The van der Waals surface area contributed by atoms with Gasteiger partial charge in [0, 0.05) is 38.2 Å². The van der Waals surface area contributed by atoms with Gasteiger partial charge in [0.1, 0.15) is 5.52 Å². The Hall–Kier alpha value is -7.38. The second kappa shape index (κ2) is 11.8. The van der Waals surface area contributed by atoms with E-state index in [9.17, 15) is 0 Å². The van der Waals surface area contributed by atoms with Crippen molar-refractivity contribution >= 4 is 54.7 Å². The molecular formula is C47H30N6O. The van der Waals surface area contributed by atoms with Crippen molar-refractivity contribution in [1.82, 2.24) is 29.1 Å². The third kappa shape index (κ3) is 4.62. The average molecular weight is 695 g/mol. The van der Waals surface area contributed by atoms with Crippen LogP contribution in [0.3, 0.4) is 0 Å². The van der Waals surface area contributed by atoms with Crippen LogP contribution in [0.25, 0.3) is 101 Å². The number of oxazole rings is 1. The van der Waals surface area contributed by atoms with Crippen LogP contribution in [-0.4, -0.2) is 29.1 Å². The highest BCUT2D eigenvalue weighted by molar-refractivity contribution is 6.24. The van der Waals surface area contributed by atoms with Gasteiger partial charge in [0.05, 0.1) is 27.8 Å². The van der Waals surface area contributed by atoms with Crippen molar-refractivity contribution in [2.45, 2.75) is 6.92 Å². The monoisotopic (exact) mass is 694 g/mol. The fourth-order valence-electron chi connectivity index (χ4n) is 7.79. The Balaban J connectivity index is 1.28.